The molecule has 2 heterocycles. The van der Waals surface area contributed by atoms with Gasteiger partial charge in [0.15, 0.2) is 12.4 Å². The highest BCUT2D eigenvalue weighted by molar-refractivity contribution is 4.94. The first-order chi connectivity index (χ1) is 11.2. The molecule has 2 fully saturated rings. The molecule has 0 saturated carbocycles. The fourth-order valence-corrected chi connectivity index (χ4v) is 2.55. The molecule has 2 unspecified atom stereocenters. The zero-order valence-corrected chi connectivity index (χ0v) is 12.4. The minimum absolute atomic E-state index is 0.757. The Morgan fingerprint density at radius 2 is 1.29 bits per heavy atom. The van der Waals surface area contributed by atoms with Gasteiger partial charge >= 0.3 is 5.97 Å². The molecule has 142 valence electrons. The molecule has 2 saturated heterocycles. The van der Waals surface area contributed by atoms with Gasteiger partial charge in [0.1, 0.15) is 42.7 Å². The van der Waals surface area contributed by atoms with Crippen LogP contribution in [0, 0.1) is 0 Å². The van der Waals surface area contributed by atoms with E-state index in [1.807, 2.05) is 0 Å². The number of hydrogen-bond donors (Lipinski definition) is 9. The molecule has 0 aromatic carbocycles. The summed E-state index contributed by atoms with van der Waals surface area (Å²) in [5.41, 5.74) is 0. The van der Waals surface area contributed by atoms with Crippen LogP contribution in [0.5, 0.6) is 0 Å². The Balaban J connectivity index is 2.18. The Bertz CT molecular complexity index is 419. The Morgan fingerprint density at radius 3 is 1.83 bits per heavy atom. The molecule has 0 aromatic heterocycles. The lowest BCUT2D eigenvalue weighted by Gasteiger charge is -2.48. The molecule has 9 N–H and O–H groups in total. The maximum Gasteiger partial charge on any atom is 0.313 e. The van der Waals surface area contributed by atoms with Crippen LogP contribution in [0.2, 0.25) is 0 Å². The lowest BCUT2D eigenvalue weighted by atomic mass is 9.97. The van der Waals surface area contributed by atoms with Crippen LogP contribution < -0.4 is 0 Å². The normalized spacial score (nSPS) is 53.1. The number of ether oxygens (including phenoxy) is 3. The predicted octanol–water partition coefficient (Wildman–Crippen LogP) is -6.08. The van der Waals surface area contributed by atoms with E-state index in [9.17, 15) is 35.7 Å². The van der Waals surface area contributed by atoms with Gasteiger partial charge < -0.3 is 55.4 Å². The molecule has 2 rings (SSSR count). The van der Waals surface area contributed by atoms with Crippen LogP contribution in [0.1, 0.15) is 0 Å². The Labute approximate surface area is 135 Å². The maximum absolute atomic E-state index is 10.2. The number of aliphatic hydroxyl groups excluding tert-OH is 8. The van der Waals surface area contributed by atoms with Crippen molar-refractivity contribution in [3.05, 3.63) is 0 Å². The van der Waals surface area contributed by atoms with Crippen molar-refractivity contribution in [1.82, 2.24) is 0 Å². The Hall–Kier alpha value is -0.480. The first-order valence-electron chi connectivity index (χ1n) is 7.19. The van der Waals surface area contributed by atoms with Crippen molar-refractivity contribution in [2.45, 2.75) is 61.1 Å². The third-order valence-electron chi connectivity index (χ3n) is 4.06. The molecule has 2 aliphatic heterocycles. The summed E-state index contributed by atoms with van der Waals surface area (Å²) in [4.78, 5) is 0. The lowest BCUT2D eigenvalue weighted by Crippen LogP contribution is -2.69. The fourth-order valence-electron chi connectivity index (χ4n) is 2.55. The second-order valence-electron chi connectivity index (χ2n) is 5.71. The number of rotatable bonds is 4. The van der Waals surface area contributed by atoms with Gasteiger partial charge in [-0.1, -0.05) is 0 Å². The highest BCUT2D eigenvalue weighted by Crippen LogP contribution is 2.33. The van der Waals surface area contributed by atoms with Crippen molar-refractivity contribution in [2.75, 3.05) is 13.2 Å². The first-order valence-corrected chi connectivity index (χ1v) is 7.19. The molecule has 0 amide bonds. The van der Waals surface area contributed by atoms with E-state index in [2.05, 4.69) is 0 Å². The molecule has 12 nitrogen and oxygen atoms in total. The molecule has 0 aromatic rings. The second-order valence-corrected chi connectivity index (χ2v) is 5.71. The highest BCUT2D eigenvalue weighted by atomic mass is 16.9. The molecule has 2 aliphatic rings. The minimum Gasteiger partial charge on any atom is -0.394 e. The summed E-state index contributed by atoms with van der Waals surface area (Å²) in [7, 11) is 0. The quantitative estimate of drug-likeness (QED) is 0.215. The smallest absolute Gasteiger partial charge is 0.313 e. The van der Waals surface area contributed by atoms with Crippen molar-refractivity contribution in [1.29, 1.82) is 0 Å². The lowest BCUT2D eigenvalue weighted by molar-refractivity contribution is -0.488. The molecule has 0 aliphatic carbocycles. The second kappa shape index (κ2) is 7.41. The standard InChI is InChI=1S/C12H22O12/c13-1-3-5(15)7(17)9(19)11(22-3)24-12(21)10(20)8(18)6(16)4(2-14)23-12/h3-11,13-21H,1-2H2/t3-,4-,5+,6-,7-,8+,9-,10+,11?,12?/m1/s1. The molecular weight excluding hydrogens is 336 g/mol. The van der Waals surface area contributed by atoms with E-state index in [-0.39, 0.29) is 0 Å². The van der Waals surface area contributed by atoms with Crippen LogP contribution in [0.3, 0.4) is 0 Å². The van der Waals surface area contributed by atoms with Gasteiger partial charge in [-0.2, -0.15) is 0 Å². The third-order valence-corrected chi connectivity index (χ3v) is 4.06. The molecule has 0 bridgehead atoms. The molecule has 0 radical (unpaired) electrons. The Kier molecular flexibility index (Phi) is 6.12. The van der Waals surface area contributed by atoms with Gasteiger partial charge in [0.25, 0.3) is 0 Å². The van der Waals surface area contributed by atoms with E-state index < -0.39 is 74.3 Å². The van der Waals surface area contributed by atoms with Gasteiger partial charge in [-0.3, -0.25) is 4.74 Å². The van der Waals surface area contributed by atoms with Gasteiger partial charge in [-0.25, -0.2) is 0 Å². The number of hydrogen-bond acceptors (Lipinski definition) is 12. The average Bonchev–Trinajstić information content (AvgIpc) is 2.57. The third kappa shape index (κ3) is 3.41. The molecule has 12 heteroatoms. The summed E-state index contributed by atoms with van der Waals surface area (Å²) in [5, 5.41) is 86.7. The molecular formula is C12H22O12. The van der Waals surface area contributed by atoms with Crippen molar-refractivity contribution in [3.63, 3.8) is 0 Å². The van der Waals surface area contributed by atoms with E-state index in [4.69, 9.17) is 24.4 Å². The molecule has 10 atom stereocenters. The van der Waals surface area contributed by atoms with E-state index in [1.54, 1.807) is 0 Å². The summed E-state index contributed by atoms with van der Waals surface area (Å²) < 4.78 is 14.7. The van der Waals surface area contributed by atoms with Crippen LogP contribution in [-0.2, 0) is 14.2 Å². The zero-order chi connectivity index (χ0) is 18.2. The van der Waals surface area contributed by atoms with Crippen LogP contribution in [0.25, 0.3) is 0 Å². The van der Waals surface area contributed by atoms with Crippen LogP contribution in [0.4, 0.5) is 0 Å². The van der Waals surface area contributed by atoms with Crippen molar-refractivity contribution in [2.24, 2.45) is 0 Å². The van der Waals surface area contributed by atoms with E-state index in [1.165, 1.54) is 0 Å². The summed E-state index contributed by atoms with van der Waals surface area (Å²) in [6.45, 7) is -1.60. The maximum atomic E-state index is 10.2. The predicted molar refractivity (Wildman–Crippen MR) is 69.8 cm³/mol. The van der Waals surface area contributed by atoms with E-state index >= 15 is 0 Å². The van der Waals surface area contributed by atoms with Crippen molar-refractivity contribution < 1.29 is 60.2 Å². The Morgan fingerprint density at radius 1 is 0.750 bits per heavy atom. The highest BCUT2D eigenvalue weighted by Gasteiger charge is 2.57. The molecule has 0 spiro atoms. The average molecular weight is 358 g/mol. The molecule has 24 heavy (non-hydrogen) atoms. The van der Waals surface area contributed by atoms with Gasteiger partial charge in [-0.15, -0.1) is 0 Å². The fraction of sp³-hybridized carbons (Fsp3) is 1.00. The minimum atomic E-state index is -3.01. The monoisotopic (exact) mass is 358 g/mol. The van der Waals surface area contributed by atoms with Crippen LogP contribution >= 0.6 is 0 Å². The first kappa shape index (κ1) is 19.8. The summed E-state index contributed by atoms with van der Waals surface area (Å²) in [6.07, 6.45) is -16.1. The van der Waals surface area contributed by atoms with E-state index in [0.717, 1.165) is 0 Å². The summed E-state index contributed by atoms with van der Waals surface area (Å²) in [5.74, 6) is -3.01. The van der Waals surface area contributed by atoms with Crippen molar-refractivity contribution >= 4 is 0 Å². The SMILES string of the molecule is OC[C@H]1OC(OC2(O)O[C@H](CO)[C@@H](O)[C@H](O)[C@@H]2O)[C@H](O)[C@H](O)[C@H]1O. The number of aliphatic hydroxyl groups is 9. The summed E-state index contributed by atoms with van der Waals surface area (Å²) in [6, 6.07) is 0. The zero-order valence-electron chi connectivity index (χ0n) is 12.4. The van der Waals surface area contributed by atoms with Gasteiger partial charge in [0.05, 0.1) is 13.2 Å². The van der Waals surface area contributed by atoms with Gasteiger partial charge in [0, 0.05) is 0 Å². The van der Waals surface area contributed by atoms with Crippen LogP contribution in [0.15, 0.2) is 0 Å². The van der Waals surface area contributed by atoms with E-state index in [0.29, 0.717) is 0 Å². The van der Waals surface area contributed by atoms with Gasteiger partial charge in [0.2, 0.25) is 0 Å². The largest absolute Gasteiger partial charge is 0.394 e. The van der Waals surface area contributed by atoms with Crippen LogP contribution in [-0.4, -0.2) is 120 Å². The summed E-state index contributed by atoms with van der Waals surface area (Å²) >= 11 is 0. The van der Waals surface area contributed by atoms with Gasteiger partial charge in [-0.05, 0) is 0 Å². The van der Waals surface area contributed by atoms with Crippen molar-refractivity contribution in [3.8, 4) is 0 Å². The topological polar surface area (TPSA) is 210 Å².